The zero-order chi connectivity index (χ0) is 24.6. The minimum absolute atomic E-state index is 0.378. The summed E-state index contributed by atoms with van der Waals surface area (Å²) in [5, 5.41) is 6.82. The van der Waals surface area contributed by atoms with Crippen LogP contribution in [0.25, 0.3) is 27.6 Å². The minimum atomic E-state index is -0.410. The maximum absolute atomic E-state index is 12.8. The topological polar surface area (TPSA) is 80.5 Å². The van der Waals surface area contributed by atoms with Crippen LogP contribution in [0.15, 0.2) is 79.1 Å². The van der Waals surface area contributed by atoms with Crippen LogP contribution in [0.5, 0.6) is 0 Å². The maximum atomic E-state index is 12.8. The first-order valence-corrected chi connectivity index (χ1v) is 12.1. The van der Waals surface area contributed by atoms with Gasteiger partial charge >= 0.3 is 0 Å². The number of rotatable bonds is 4. The van der Waals surface area contributed by atoms with Crippen LogP contribution in [0.2, 0.25) is 0 Å². The number of benzene rings is 3. The van der Waals surface area contributed by atoms with E-state index >= 15 is 0 Å². The molecule has 3 aromatic carbocycles. The number of likely N-dealkylation sites (N-methyl/N-ethyl adjacent to an activating group) is 1. The van der Waals surface area contributed by atoms with Gasteiger partial charge in [0, 0.05) is 66.6 Å². The summed E-state index contributed by atoms with van der Waals surface area (Å²) in [5.41, 5.74) is 6.64. The van der Waals surface area contributed by atoms with E-state index in [0.717, 1.165) is 53.9 Å². The van der Waals surface area contributed by atoms with Crippen molar-refractivity contribution in [3.05, 3.63) is 90.3 Å². The van der Waals surface area contributed by atoms with Crippen molar-refractivity contribution in [1.82, 2.24) is 15.2 Å². The van der Waals surface area contributed by atoms with Gasteiger partial charge in [0.2, 0.25) is 0 Å². The van der Waals surface area contributed by atoms with Crippen LogP contribution in [0.4, 0.5) is 11.4 Å². The predicted molar refractivity (Wildman–Crippen MR) is 144 cm³/mol. The summed E-state index contributed by atoms with van der Waals surface area (Å²) in [6.45, 7) is 4.13. The van der Waals surface area contributed by atoms with Gasteiger partial charge in [-0.2, -0.15) is 0 Å². The molecule has 6 rings (SSSR count). The number of fused-ring (bicyclic) bond motifs is 2. The van der Waals surface area contributed by atoms with E-state index < -0.39 is 5.91 Å². The maximum Gasteiger partial charge on any atom is 0.260 e. The molecule has 180 valence electrons. The fourth-order valence-corrected chi connectivity index (χ4v) is 4.87. The van der Waals surface area contributed by atoms with Crippen molar-refractivity contribution in [2.45, 2.75) is 0 Å². The highest BCUT2D eigenvalue weighted by Gasteiger charge is 2.27. The molecule has 0 atom stereocenters. The summed E-state index contributed by atoms with van der Waals surface area (Å²) < 4.78 is 0. The number of anilines is 2. The Hall–Kier alpha value is -4.36. The number of piperazine rings is 1. The number of carbonyl (C=O) groups excluding carboxylic acids is 2. The highest BCUT2D eigenvalue weighted by Crippen LogP contribution is 2.31. The van der Waals surface area contributed by atoms with Crippen LogP contribution in [-0.2, 0) is 4.79 Å². The summed E-state index contributed by atoms with van der Waals surface area (Å²) in [7, 11) is 2.15. The summed E-state index contributed by atoms with van der Waals surface area (Å²) in [5.74, 6) is -0.788. The predicted octanol–water partition coefficient (Wildman–Crippen LogP) is 4.31. The van der Waals surface area contributed by atoms with Crippen molar-refractivity contribution in [3.8, 4) is 11.1 Å². The second kappa shape index (κ2) is 9.02. The Bertz CT molecular complexity index is 1490. The van der Waals surface area contributed by atoms with Gasteiger partial charge in [-0.3, -0.25) is 14.9 Å². The Morgan fingerprint density at radius 2 is 1.56 bits per heavy atom. The highest BCUT2D eigenvalue weighted by molar-refractivity contribution is 6.31. The summed E-state index contributed by atoms with van der Waals surface area (Å²) in [4.78, 5) is 33.2. The van der Waals surface area contributed by atoms with E-state index in [4.69, 9.17) is 0 Å². The molecule has 1 saturated heterocycles. The van der Waals surface area contributed by atoms with Crippen LogP contribution in [0, 0.1) is 0 Å². The van der Waals surface area contributed by atoms with Crippen LogP contribution in [-0.4, -0.2) is 54.9 Å². The van der Waals surface area contributed by atoms with E-state index in [9.17, 15) is 9.59 Å². The third kappa shape index (κ3) is 4.14. The number of imide groups is 1. The van der Waals surface area contributed by atoms with Gasteiger partial charge in [-0.05, 0) is 78.2 Å². The first-order valence-electron chi connectivity index (χ1n) is 12.1. The van der Waals surface area contributed by atoms with E-state index in [1.807, 2.05) is 48.7 Å². The van der Waals surface area contributed by atoms with Crippen LogP contribution in [0.1, 0.15) is 15.9 Å². The molecule has 36 heavy (non-hydrogen) atoms. The number of nitrogens with one attached hydrogen (secondary N) is 3. The lowest BCUT2D eigenvalue weighted by Gasteiger charge is -2.34. The molecule has 3 N–H and O–H groups in total. The van der Waals surface area contributed by atoms with Crippen LogP contribution < -0.4 is 15.5 Å². The lowest BCUT2D eigenvalue weighted by molar-refractivity contribution is -0.114. The second-order valence-electron chi connectivity index (χ2n) is 9.36. The molecular formula is C29H27N5O2. The van der Waals surface area contributed by atoms with E-state index in [1.54, 1.807) is 12.3 Å². The minimum Gasteiger partial charge on any atom is -0.369 e. The van der Waals surface area contributed by atoms with Crippen molar-refractivity contribution in [2.75, 3.05) is 43.4 Å². The van der Waals surface area contributed by atoms with Gasteiger partial charge < -0.3 is 20.1 Å². The van der Waals surface area contributed by atoms with Gasteiger partial charge in [0.05, 0.1) is 5.57 Å². The van der Waals surface area contributed by atoms with Gasteiger partial charge in [0.15, 0.2) is 0 Å². The number of amides is 2. The Kier molecular flexibility index (Phi) is 5.54. The molecule has 1 aromatic heterocycles. The molecule has 0 unspecified atom stereocenters. The number of aromatic amines is 1. The average Bonchev–Trinajstić information content (AvgIpc) is 3.37. The van der Waals surface area contributed by atoms with Crippen molar-refractivity contribution in [3.63, 3.8) is 0 Å². The first kappa shape index (κ1) is 22.1. The molecule has 1 fully saturated rings. The molecule has 0 aliphatic carbocycles. The highest BCUT2D eigenvalue weighted by atomic mass is 16.2. The Balaban J connectivity index is 1.28. The van der Waals surface area contributed by atoms with E-state index in [2.05, 4.69) is 50.7 Å². The van der Waals surface area contributed by atoms with Crippen LogP contribution >= 0.6 is 0 Å². The average molecular weight is 478 g/mol. The molecule has 3 heterocycles. The molecule has 2 aliphatic heterocycles. The zero-order valence-corrected chi connectivity index (χ0v) is 20.0. The molecule has 7 heteroatoms. The van der Waals surface area contributed by atoms with E-state index in [0.29, 0.717) is 16.7 Å². The summed E-state index contributed by atoms with van der Waals surface area (Å²) >= 11 is 0. The SMILES string of the molecule is CN1CCN(c2ccc(NC=C3C(=O)NC(=O)c4ccc(-c5ccc6[nH]ccc6c5)cc43)cc2)CC1. The van der Waals surface area contributed by atoms with E-state index in [-0.39, 0.29) is 5.91 Å². The monoisotopic (exact) mass is 477 g/mol. The Morgan fingerprint density at radius 3 is 2.36 bits per heavy atom. The molecule has 0 spiro atoms. The summed E-state index contributed by atoms with van der Waals surface area (Å²) in [6, 6.07) is 22.0. The smallest absolute Gasteiger partial charge is 0.260 e. The van der Waals surface area contributed by atoms with Gasteiger partial charge in [-0.15, -0.1) is 0 Å². The standard InChI is InChI=1S/C29H27N5O2/c1-33-12-14-34(15-13-33)23-6-4-22(5-7-23)31-18-26-25-17-20(2-8-24(25)28(35)32-29(26)36)19-3-9-27-21(16-19)10-11-30-27/h2-11,16-18,30-31H,12-15H2,1H3,(H,32,35,36). The van der Waals surface area contributed by atoms with Crippen LogP contribution in [0.3, 0.4) is 0 Å². The number of aromatic nitrogens is 1. The summed E-state index contributed by atoms with van der Waals surface area (Å²) in [6.07, 6.45) is 3.60. The van der Waals surface area contributed by atoms with Gasteiger partial charge in [0.25, 0.3) is 11.8 Å². The van der Waals surface area contributed by atoms with Crippen molar-refractivity contribution >= 4 is 39.7 Å². The largest absolute Gasteiger partial charge is 0.369 e. The Morgan fingerprint density at radius 1 is 0.806 bits per heavy atom. The molecule has 7 nitrogen and oxygen atoms in total. The number of hydrogen-bond donors (Lipinski definition) is 3. The number of hydrogen-bond acceptors (Lipinski definition) is 5. The molecule has 0 saturated carbocycles. The quantitative estimate of drug-likeness (QED) is 0.302. The third-order valence-electron chi connectivity index (χ3n) is 7.03. The van der Waals surface area contributed by atoms with Gasteiger partial charge in [-0.25, -0.2) is 0 Å². The molecule has 0 radical (unpaired) electrons. The fourth-order valence-electron chi connectivity index (χ4n) is 4.87. The van der Waals surface area contributed by atoms with Gasteiger partial charge in [-0.1, -0.05) is 12.1 Å². The van der Waals surface area contributed by atoms with Crippen molar-refractivity contribution in [2.24, 2.45) is 0 Å². The lowest BCUT2D eigenvalue weighted by atomic mass is 9.91. The number of H-pyrrole nitrogens is 1. The molecule has 4 aromatic rings. The zero-order valence-electron chi connectivity index (χ0n) is 20.0. The number of nitrogens with zero attached hydrogens (tertiary/aromatic N) is 2. The third-order valence-corrected chi connectivity index (χ3v) is 7.03. The fraction of sp³-hybridized carbons (Fsp3) is 0.172. The van der Waals surface area contributed by atoms with E-state index in [1.165, 1.54) is 5.69 Å². The molecular weight excluding hydrogens is 450 g/mol. The Labute approximate surface area is 209 Å². The molecule has 2 amide bonds. The lowest BCUT2D eigenvalue weighted by Crippen LogP contribution is -2.44. The first-order chi connectivity index (χ1) is 17.5. The van der Waals surface area contributed by atoms with Crippen molar-refractivity contribution in [1.29, 1.82) is 0 Å². The van der Waals surface area contributed by atoms with Crippen molar-refractivity contribution < 1.29 is 9.59 Å². The molecule has 2 aliphatic rings. The number of carbonyl (C=O) groups is 2. The molecule has 0 bridgehead atoms. The van der Waals surface area contributed by atoms with Gasteiger partial charge in [0.1, 0.15) is 0 Å². The normalized spacial score (nSPS) is 17.4. The second-order valence-corrected chi connectivity index (χ2v) is 9.36.